The second-order valence-electron chi connectivity index (χ2n) is 2.24. The van der Waals surface area contributed by atoms with Crippen LogP contribution < -0.4 is 5.69 Å². The molecule has 1 aromatic rings. The van der Waals surface area contributed by atoms with Gasteiger partial charge in [0.25, 0.3) is 0 Å². The number of rotatable bonds is 0. The maximum absolute atomic E-state index is 11.2. The predicted octanol–water partition coefficient (Wildman–Crippen LogP) is 0.742. The highest BCUT2D eigenvalue weighted by Gasteiger charge is 1.98. The molecule has 1 aromatic heterocycles. The fourth-order valence-electron chi connectivity index (χ4n) is 0.721. The zero-order valence-corrected chi connectivity index (χ0v) is 7.95. The van der Waals surface area contributed by atoms with E-state index >= 15 is 0 Å². The van der Waals surface area contributed by atoms with Gasteiger partial charge in [-0.1, -0.05) is 12.2 Å². The monoisotopic (exact) mass is 188 g/mol. The number of hydrogen-bond acceptors (Lipinski definition) is 3. The maximum Gasteiger partial charge on any atom is 0.329 e. The Morgan fingerprint density at radius 2 is 2.00 bits per heavy atom. The highest BCUT2D eigenvalue weighted by Crippen LogP contribution is 2.00. The first-order valence-electron chi connectivity index (χ1n) is 3.00. The molecule has 0 aliphatic heterocycles. The van der Waals surface area contributed by atoms with Gasteiger partial charge in [0.05, 0.1) is 5.03 Å². The van der Waals surface area contributed by atoms with Crippen LogP contribution in [0.25, 0.3) is 0 Å². The van der Waals surface area contributed by atoms with Gasteiger partial charge in [-0.25, -0.2) is 4.79 Å². The fourth-order valence-corrected chi connectivity index (χ4v) is 1.21. The van der Waals surface area contributed by atoms with Crippen molar-refractivity contribution in [3.05, 3.63) is 21.2 Å². The Labute approximate surface area is 74.7 Å². The van der Waals surface area contributed by atoms with Gasteiger partial charge in [-0.05, 0) is 0 Å². The third-order valence-corrected chi connectivity index (χ3v) is 2.32. The SMILES string of the molecule is Cn1c(S)cc(=S)n(C)c1=O. The van der Waals surface area contributed by atoms with Crippen molar-refractivity contribution in [2.45, 2.75) is 5.03 Å². The molecule has 0 unspecified atom stereocenters. The number of aromatic nitrogens is 2. The molecule has 0 fully saturated rings. The van der Waals surface area contributed by atoms with Crippen LogP contribution in [0, 0.1) is 4.64 Å². The molecule has 0 bridgehead atoms. The second kappa shape index (κ2) is 2.83. The quantitative estimate of drug-likeness (QED) is 0.369. The lowest BCUT2D eigenvalue weighted by Crippen LogP contribution is -2.27. The van der Waals surface area contributed by atoms with Crippen molar-refractivity contribution in [3.63, 3.8) is 0 Å². The lowest BCUT2D eigenvalue weighted by Gasteiger charge is -2.04. The van der Waals surface area contributed by atoms with E-state index in [1.807, 2.05) is 0 Å². The fraction of sp³-hybridized carbons (Fsp3) is 0.333. The van der Waals surface area contributed by atoms with Crippen LogP contribution >= 0.6 is 24.8 Å². The van der Waals surface area contributed by atoms with Crippen LogP contribution in [0.5, 0.6) is 0 Å². The predicted molar refractivity (Wildman–Crippen MR) is 48.7 cm³/mol. The van der Waals surface area contributed by atoms with Crippen molar-refractivity contribution in [2.24, 2.45) is 14.1 Å². The van der Waals surface area contributed by atoms with E-state index in [4.69, 9.17) is 12.2 Å². The summed E-state index contributed by atoms with van der Waals surface area (Å²) in [7, 11) is 3.29. The summed E-state index contributed by atoms with van der Waals surface area (Å²) in [5.41, 5.74) is -0.150. The molecule has 0 spiro atoms. The highest BCUT2D eigenvalue weighted by atomic mass is 32.1. The molecule has 0 aliphatic rings. The minimum atomic E-state index is -0.150. The molecule has 0 N–H and O–H groups in total. The molecule has 5 heteroatoms. The second-order valence-corrected chi connectivity index (χ2v) is 3.12. The molecule has 0 aromatic carbocycles. The Morgan fingerprint density at radius 1 is 1.45 bits per heavy atom. The molecule has 1 heterocycles. The standard InChI is InChI=1S/C6H8N2OS2/c1-7-4(10)3-5(11)8(2)6(7)9/h3,10H,1-2H3. The van der Waals surface area contributed by atoms with Crippen molar-refractivity contribution in [1.82, 2.24) is 9.13 Å². The van der Waals surface area contributed by atoms with Crippen molar-refractivity contribution in [3.8, 4) is 0 Å². The van der Waals surface area contributed by atoms with Crippen LogP contribution in [0.3, 0.4) is 0 Å². The zero-order chi connectivity index (χ0) is 8.59. The molecule has 0 atom stereocenters. The molecule has 0 radical (unpaired) electrons. The van der Waals surface area contributed by atoms with E-state index < -0.39 is 0 Å². The Bertz CT molecular complexity index is 391. The molecule has 0 amide bonds. The molecule has 1 rings (SSSR count). The minimum Gasteiger partial charge on any atom is -0.291 e. The van der Waals surface area contributed by atoms with Crippen molar-refractivity contribution >= 4 is 24.8 Å². The molecule has 0 saturated carbocycles. The van der Waals surface area contributed by atoms with E-state index in [0.29, 0.717) is 9.67 Å². The third-order valence-electron chi connectivity index (χ3n) is 1.50. The van der Waals surface area contributed by atoms with Crippen molar-refractivity contribution in [1.29, 1.82) is 0 Å². The summed E-state index contributed by atoms with van der Waals surface area (Å²) in [6.07, 6.45) is 0. The Balaban J connectivity index is 3.74. The van der Waals surface area contributed by atoms with E-state index in [1.165, 1.54) is 9.13 Å². The summed E-state index contributed by atoms with van der Waals surface area (Å²) < 4.78 is 3.33. The smallest absolute Gasteiger partial charge is 0.291 e. The molecule has 11 heavy (non-hydrogen) atoms. The lowest BCUT2D eigenvalue weighted by molar-refractivity contribution is 0.648. The van der Waals surface area contributed by atoms with Crippen LogP contribution in [-0.2, 0) is 14.1 Å². The van der Waals surface area contributed by atoms with Crippen LogP contribution in [0.2, 0.25) is 0 Å². The number of hydrogen-bond donors (Lipinski definition) is 1. The van der Waals surface area contributed by atoms with Gasteiger partial charge in [-0.15, -0.1) is 12.6 Å². The topological polar surface area (TPSA) is 26.9 Å². The summed E-state index contributed by atoms with van der Waals surface area (Å²) >= 11 is 8.96. The van der Waals surface area contributed by atoms with Gasteiger partial charge in [0.2, 0.25) is 0 Å². The van der Waals surface area contributed by atoms with Crippen LogP contribution in [0.1, 0.15) is 0 Å². The summed E-state index contributed by atoms with van der Waals surface area (Å²) in [5.74, 6) is 0. The number of thiol groups is 1. The van der Waals surface area contributed by atoms with Crippen LogP contribution in [0.15, 0.2) is 15.9 Å². The molecular formula is C6H8N2OS2. The van der Waals surface area contributed by atoms with Crippen molar-refractivity contribution < 1.29 is 0 Å². The molecule has 3 nitrogen and oxygen atoms in total. The van der Waals surface area contributed by atoms with Crippen LogP contribution in [0.4, 0.5) is 0 Å². The largest absolute Gasteiger partial charge is 0.329 e. The first-order chi connectivity index (χ1) is 5.04. The first kappa shape index (κ1) is 8.55. The average molecular weight is 188 g/mol. The highest BCUT2D eigenvalue weighted by molar-refractivity contribution is 7.80. The third kappa shape index (κ3) is 1.39. The Hall–Kier alpha value is -0.550. The van der Waals surface area contributed by atoms with E-state index in [-0.39, 0.29) is 5.69 Å². The summed E-state index contributed by atoms with van der Waals surface area (Å²) in [4.78, 5) is 11.2. The number of nitrogens with zero attached hydrogens (tertiary/aromatic N) is 2. The maximum atomic E-state index is 11.2. The normalized spacial score (nSPS) is 10.1. The van der Waals surface area contributed by atoms with E-state index in [0.717, 1.165) is 0 Å². The lowest BCUT2D eigenvalue weighted by atomic mass is 10.6. The molecule has 60 valence electrons. The minimum absolute atomic E-state index is 0.150. The summed E-state index contributed by atoms with van der Waals surface area (Å²) in [6.45, 7) is 0. The van der Waals surface area contributed by atoms with Gasteiger partial charge in [0, 0.05) is 20.2 Å². The Morgan fingerprint density at radius 3 is 2.55 bits per heavy atom. The molecule has 0 saturated heterocycles. The zero-order valence-electron chi connectivity index (χ0n) is 6.24. The van der Waals surface area contributed by atoms with Crippen LogP contribution in [-0.4, -0.2) is 9.13 Å². The van der Waals surface area contributed by atoms with Crippen molar-refractivity contribution in [2.75, 3.05) is 0 Å². The van der Waals surface area contributed by atoms with E-state index in [9.17, 15) is 4.79 Å². The van der Waals surface area contributed by atoms with E-state index in [1.54, 1.807) is 20.2 Å². The van der Waals surface area contributed by atoms with E-state index in [2.05, 4.69) is 12.6 Å². The van der Waals surface area contributed by atoms with Gasteiger partial charge in [0.15, 0.2) is 0 Å². The summed E-state index contributed by atoms with van der Waals surface area (Å²) in [5, 5.41) is 0.582. The van der Waals surface area contributed by atoms with Gasteiger partial charge >= 0.3 is 5.69 Å². The van der Waals surface area contributed by atoms with Gasteiger partial charge in [0.1, 0.15) is 4.64 Å². The van der Waals surface area contributed by atoms with Gasteiger partial charge in [-0.3, -0.25) is 9.13 Å². The molecular weight excluding hydrogens is 180 g/mol. The first-order valence-corrected chi connectivity index (χ1v) is 3.85. The van der Waals surface area contributed by atoms with Gasteiger partial charge < -0.3 is 0 Å². The average Bonchev–Trinajstić information content (AvgIpc) is 1.97. The molecule has 0 aliphatic carbocycles. The Kier molecular flexibility index (Phi) is 2.20. The van der Waals surface area contributed by atoms with Gasteiger partial charge in [-0.2, -0.15) is 0 Å². The summed E-state index contributed by atoms with van der Waals surface area (Å²) in [6, 6.07) is 1.67.